The Hall–Kier alpha value is -2.82. The summed E-state index contributed by atoms with van der Waals surface area (Å²) in [6.07, 6.45) is 0.807. The van der Waals surface area contributed by atoms with Crippen LogP contribution in [0.5, 0.6) is 11.5 Å². The van der Waals surface area contributed by atoms with Crippen LogP contribution in [0, 0.1) is 16.7 Å². The van der Waals surface area contributed by atoms with Crippen LogP contribution >= 0.6 is 0 Å². The van der Waals surface area contributed by atoms with Crippen LogP contribution in [-0.4, -0.2) is 32.0 Å². The topological polar surface area (TPSA) is 47.9 Å². The zero-order valence-corrected chi connectivity index (χ0v) is 21.7. The molecule has 0 heterocycles. The largest absolute Gasteiger partial charge is 0.497 e. The van der Waals surface area contributed by atoms with E-state index in [1.807, 2.05) is 30.3 Å². The van der Waals surface area contributed by atoms with Crippen LogP contribution in [0.2, 0.25) is 0 Å². The van der Waals surface area contributed by atoms with Crippen LogP contribution in [-0.2, 0) is 10.3 Å². The molecule has 0 bridgehead atoms. The first-order valence-electron chi connectivity index (χ1n) is 12.3. The van der Waals surface area contributed by atoms with Crippen molar-refractivity contribution in [2.24, 2.45) is 16.7 Å². The fourth-order valence-electron chi connectivity index (χ4n) is 5.89. The van der Waals surface area contributed by atoms with Gasteiger partial charge in [0.05, 0.1) is 20.3 Å². The molecule has 4 heteroatoms. The molecule has 0 spiro atoms. The van der Waals surface area contributed by atoms with Crippen LogP contribution in [0.25, 0.3) is 0 Å². The van der Waals surface area contributed by atoms with Gasteiger partial charge in [0, 0.05) is 6.61 Å². The summed E-state index contributed by atoms with van der Waals surface area (Å²) in [5.41, 5.74) is 1.75. The van der Waals surface area contributed by atoms with Crippen LogP contribution < -0.4 is 9.47 Å². The second-order valence-electron chi connectivity index (χ2n) is 10.7. The van der Waals surface area contributed by atoms with Gasteiger partial charge in [0.25, 0.3) is 0 Å². The predicted octanol–water partition coefficient (Wildman–Crippen LogP) is 6.45. The van der Waals surface area contributed by atoms with Crippen molar-refractivity contribution in [1.29, 1.82) is 0 Å². The molecule has 4 rings (SSSR count). The number of hydrogen-bond acceptors (Lipinski definition) is 4. The van der Waals surface area contributed by atoms with E-state index >= 15 is 0 Å². The molecule has 3 aromatic carbocycles. The first kappa shape index (κ1) is 25.3. The Morgan fingerprint density at radius 2 is 1.23 bits per heavy atom. The van der Waals surface area contributed by atoms with E-state index in [0.717, 1.165) is 34.6 Å². The zero-order chi connectivity index (χ0) is 25.3. The summed E-state index contributed by atoms with van der Waals surface area (Å²) in [5, 5.41) is 10.4. The summed E-state index contributed by atoms with van der Waals surface area (Å²) in [6, 6.07) is 26.7. The summed E-state index contributed by atoms with van der Waals surface area (Å²) in [6.45, 7) is 9.01. The molecule has 3 aromatic rings. The zero-order valence-electron chi connectivity index (χ0n) is 21.7. The van der Waals surface area contributed by atoms with E-state index in [0.29, 0.717) is 0 Å². The Balaban J connectivity index is 1.97. The van der Waals surface area contributed by atoms with Gasteiger partial charge in [-0.2, -0.15) is 0 Å². The summed E-state index contributed by atoms with van der Waals surface area (Å²) >= 11 is 0. The maximum atomic E-state index is 10.4. The molecule has 0 aliphatic heterocycles. The lowest BCUT2D eigenvalue weighted by Gasteiger charge is -2.46. The summed E-state index contributed by atoms with van der Waals surface area (Å²) in [5.74, 6) is 1.86. The molecular weight excluding hydrogens is 436 g/mol. The Kier molecular flexibility index (Phi) is 6.99. The highest BCUT2D eigenvalue weighted by molar-refractivity contribution is 5.50. The van der Waals surface area contributed by atoms with Gasteiger partial charge >= 0.3 is 0 Å². The Bertz CT molecular complexity index is 1060. The monoisotopic (exact) mass is 474 g/mol. The van der Waals surface area contributed by atoms with Gasteiger partial charge < -0.3 is 19.3 Å². The third kappa shape index (κ3) is 4.23. The Morgan fingerprint density at radius 1 is 0.771 bits per heavy atom. The normalized spacial score (nSPS) is 23.7. The standard InChI is InChI=1S/C31H38O4/c1-22-20-30(4,21-32)29(2,3)28(22)35-31(23-10-8-7-9-11-23,24-12-16-26(33-5)17-13-24)25-14-18-27(34-6)19-15-25/h7-19,22,28,32H,20-21H2,1-6H3/t22-,28-,30-/m1/s1. The molecule has 3 atom stereocenters. The molecule has 1 aliphatic rings. The number of hydrogen-bond donors (Lipinski definition) is 1. The van der Waals surface area contributed by atoms with Gasteiger partial charge in [-0.1, -0.05) is 82.3 Å². The highest BCUT2D eigenvalue weighted by Crippen LogP contribution is 2.58. The lowest BCUT2D eigenvalue weighted by molar-refractivity contribution is -0.124. The van der Waals surface area contributed by atoms with Crippen LogP contribution in [0.1, 0.15) is 50.8 Å². The van der Waals surface area contributed by atoms with E-state index in [9.17, 15) is 5.11 Å². The molecule has 0 saturated heterocycles. The van der Waals surface area contributed by atoms with Crippen LogP contribution in [0.4, 0.5) is 0 Å². The SMILES string of the molecule is COc1ccc(C(O[C@@H]2[C@H](C)C[C@](C)(CO)C2(C)C)(c2ccccc2)c2ccc(OC)cc2)cc1. The first-order valence-corrected chi connectivity index (χ1v) is 12.3. The van der Waals surface area contributed by atoms with Crippen molar-refractivity contribution in [1.82, 2.24) is 0 Å². The van der Waals surface area contributed by atoms with Crippen molar-refractivity contribution >= 4 is 0 Å². The molecule has 0 amide bonds. The number of methoxy groups -OCH3 is 2. The van der Waals surface area contributed by atoms with Crippen molar-refractivity contribution in [2.45, 2.75) is 45.8 Å². The van der Waals surface area contributed by atoms with Gasteiger partial charge in [0.2, 0.25) is 0 Å². The molecular formula is C31H38O4. The lowest BCUT2D eigenvalue weighted by atomic mass is 9.68. The van der Waals surface area contributed by atoms with Crippen molar-refractivity contribution in [3.8, 4) is 11.5 Å². The van der Waals surface area contributed by atoms with Crippen molar-refractivity contribution in [3.05, 3.63) is 95.6 Å². The average Bonchev–Trinajstić information content (AvgIpc) is 3.06. The van der Waals surface area contributed by atoms with E-state index in [2.05, 4.69) is 76.2 Å². The van der Waals surface area contributed by atoms with Crippen molar-refractivity contribution in [3.63, 3.8) is 0 Å². The summed E-state index contributed by atoms with van der Waals surface area (Å²) in [4.78, 5) is 0. The first-order chi connectivity index (χ1) is 16.7. The number of aliphatic hydroxyl groups excluding tert-OH is 1. The smallest absolute Gasteiger partial charge is 0.144 e. The fraction of sp³-hybridized carbons (Fsp3) is 0.419. The highest BCUT2D eigenvalue weighted by Gasteiger charge is 2.58. The van der Waals surface area contributed by atoms with E-state index in [-0.39, 0.29) is 29.5 Å². The average molecular weight is 475 g/mol. The van der Waals surface area contributed by atoms with Gasteiger partial charge in [-0.25, -0.2) is 0 Å². The van der Waals surface area contributed by atoms with E-state index in [4.69, 9.17) is 14.2 Å². The molecule has 0 unspecified atom stereocenters. The molecule has 1 fully saturated rings. The summed E-state index contributed by atoms with van der Waals surface area (Å²) < 4.78 is 18.4. The van der Waals surface area contributed by atoms with E-state index < -0.39 is 5.60 Å². The minimum atomic E-state index is -0.864. The van der Waals surface area contributed by atoms with E-state index in [1.54, 1.807) is 14.2 Å². The molecule has 0 aromatic heterocycles. The third-order valence-electron chi connectivity index (χ3n) is 8.38. The van der Waals surface area contributed by atoms with E-state index in [1.165, 1.54) is 0 Å². The van der Waals surface area contributed by atoms with Gasteiger partial charge in [0.15, 0.2) is 0 Å². The molecule has 186 valence electrons. The second kappa shape index (κ2) is 9.67. The van der Waals surface area contributed by atoms with Gasteiger partial charge in [-0.15, -0.1) is 0 Å². The van der Waals surface area contributed by atoms with Crippen molar-refractivity contribution in [2.75, 3.05) is 20.8 Å². The quantitative estimate of drug-likeness (QED) is 0.381. The van der Waals surface area contributed by atoms with Gasteiger partial charge in [-0.05, 0) is 64.1 Å². The Labute approximate surface area is 209 Å². The minimum absolute atomic E-state index is 0.0935. The molecule has 0 radical (unpaired) electrons. The number of benzene rings is 3. The molecule has 1 aliphatic carbocycles. The number of ether oxygens (including phenoxy) is 3. The number of aliphatic hydroxyl groups is 1. The maximum Gasteiger partial charge on any atom is 0.144 e. The minimum Gasteiger partial charge on any atom is -0.497 e. The Morgan fingerprint density at radius 3 is 1.63 bits per heavy atom. The highest BCUT2D eigenvalue weighted by atomic mass is 16.5. The molecule has 4 nitrogen and oxygen atoms in total. The molecule has 1 N–H and O–H groups in total. The van der Waals surface area contributed by atoms with Crippen LogP contribution in [0.15, 0.2) is 78.9 Å². The second-order valence-corrected chi connectivity index (χ2v) is 10.7. The van der Waals surface area contributed by atoms with Crippen LogP contribution in [0.3, 0.4) is 0 Å². The maximum absolute atomic E-state index is 10.4. The molecule has 35 heavy (non-hydrogen) atoms. The lowest BCUT2D eigenvalue weighted by Crippen LogP contribution is -2.46. The van der Waals surface area contributed by atoms with Gasteiger partial charge in [-0.3, -0.25) is 0 Å². The van der Waals surface area contributed by atoms with Gasteiger partial charge in [0.1, 0.15) is 17.1 Å². The third-order valence-corrected chi connectivity index (χ3v) is 8.38. The van der Waals surface area contributed by atoms with Crippen molar-refractivity contribution < 1.29 is 19.3 Å². The molecule has 1 saturated carbocycles. The summed E-state index contributed by atoms with van der Waals surface area (Å²) in [7, 11) is 3.36. The number of rotatable bonds is 8. The fourth-order valence-corrected chi connectivity index (χ4v) is 5.89. The predicted molar refractivity (Wildman–Crippen MR) is 140 cm³/mol.